The number of benzene rings is 2. The fourth-order valence-corrected chi connectivity index (χ4v) is 8.55. The summed E-state index contributed by atoms with van der Waals surface area (Å²) in [6.07, 6.45) is 6.47. The number of rotatable bonds is 4. The van der Waals surface area contributed by atoms with Crippen LogP contribution in [0.15, 0.2) is 101 Å². The first-order chi connectivity index (χ1) is 21.1. The lowest BCUT2D eigenvalue weighted by Crippen LogP contribution is -2.14. The second kappa shape index (κ2) is 13.9. The van der Waals surface area contributed by atoms with Crippen LogP contribution < -0.4 is 0 Å². The van der Waals surface area contributed by atoms with Gasteiger partial charge in [-0.25, -0.2) is 44.7 Å². The van der Waals surface area contributed by atoms with Crippen LogP contribution in [-0.2, 0) is 24.8 Å². The molecule has 1 saturated heterocycles. The van der Waals surface area contributed by atoms with Crippen LogP contribution in [0.25, 0.3) is 22.1 Å². The first-order valence-corrected chi connectivity index (χ1v) is 17.7. The smallest absolute Gasteiger partial charge is 0.270 e. The van der Waals surface area contributed by atoms with E-state index < -0.39 is 20.0 Å². The quantitative estimate of drug-likeness (QED) is 0.155. The number of halogens is 3. The molecule has 7 rings (SSSR count). The molecule has 0 amide bonds. The van der Waals surface area contributed by atoms with Gasteiger partial charge >= 0.3 is 0 Å². The van der Waals surface area contributed by atoms with Crippen LogP contribution in [0.1, 0.15) is 12.8 Å². The van der Waals surface area contributed by atoms with E-state index in [9.17, 15) is 16.8 Å². The second-order valence-corrected chi connectivity index (χ2v) is 14.5. The Morgan fingerprint density at radius 2 is 1.20 bits per heavy atom. The summed E-state index contributed by atoms with van der Waals surface area (Å²) in [5.41, 5.74) is 0.544. The maximum absolute atomic E-state index is 12.7. The topological polar surface area (TPSA) is 139 Å². The highest BCUT2D eigenvalue weighted by atomic mass is 127. The van der Waals surface area contributed by atoms with Crippen LogP contribution >= 0.6 is 45.8 Å². The van der Waals surface area contributed by atoms with E-state index in [0.29, 0.717) is 14.5 Å². The molecule has 6 aromatic rings. The van der Waals surface area contributed by atoms with Gasteiger partial charge < -0.3 is 4.74 Å². The molecule has 4 aromatic heterocycles. The number of nitrogens with zero attached hydrogens (tertiary/aromatic N) is 6. The summed E-state index contributed by atoms with van der Waals surface area (Å²) in [6, 6.07) is 19.6. The van der Waals surface area contributed by atoms with Crippen molar-refractivity contribution in [2.45, 2.75) is 22.6 Å². The van der Waals surface area contributed by atoms with E-state index in [1.54, 1.807) is 60.7 Å². The number of hydrogen-bond donors (Lipinski definition) is 0. The van der Waals surface area contributed by atoms with E-state index in [1.807, 2.05) is 22.6 Å². The SMILES string of the molecule is C1CCOC1.O=S(=O)(c1ccccc1)n1c(I)cc2c(Cl)ncnc21.O=S(=O)(c1ccccc1)n1ccc2c(Cl)ncnc21. The molecule has 5 heterocycles. The van der Waals surface area contributed by atoms with Gasteiger partial charge in [-0.2, -0.15) is 0 Å². The molecule has 0 saturated carbocycles. The van der Waals surface area contributed by atoms with Gasteiger partial charge in [-0.05, 0) is 71.8 Å². The Morgan fingerprint density at radius 1 is 0.682 bits per heavy atom. The molecular formula is C28H23Cl2IN6O5S2. The van der Waals surface area contributed by atoms with Crippen molar-refractivity contribution < 1.29 is 21.6 Å². The van der Waals surface area contributed by atoms with Crippen LogP contribution in [0.2, 0.25) is 10.3 Å². The highest BCUT2D eigenvalue weighted by molar-refractivity contribution is 14.1. The van der Waals surface area contributed by atoms with E-state index in [4.69, 9.17) is 27.9 Å². The van der Waals surface area contributed by atoms with Gasteiger partial charge in [0.2, 0.25) is 0 Å². The molecule has 1 aliphatic heterocycles. The van der Waals surface area contributed by atoms with Crippen molar-refractivity contribution in [3.63, 3.8) is 0 Å². The van der Waals surface area contributed by atoms with E-state index >= 15 is 0 Å². The fourth-order valence-electron chi connectivity index (χ4n) is 4.16. The first-order valence-electron chi connectivity index (χ1n) is 13.0. The Labute approximate surface area is 277 Å². The zero-order chi connectivity index (χ0) is 31.3. The van der Waals surface area contributed by atoms with Crippen LogP contribution in [-0.4, -0.2) is 57.9 Å². The Kier molecular flexibility index (Phi) is 10.2. The van der Waals surface area contributed by atoms with Gasteiger partial charge in [0.05, 0.1) is 24.3 Å². The molecule has 0 N–H and O–H groups in total. The largest absolute Gasteiger partial charge is 0.381 e. The normalized spacial score (nSPS) is 13.2. The summed E-state index contributed by atoms with van der Waals surface area (Å²) in [7, 11) is -7.38. The average Bonchev–Trinajstić information content (AvgIpc) is 3.81. The van der Waals surface area contributed by atoms with Crippen molar-refractivity contribution in [3.8, 4) is 0 Å². The van der Waals surface area contributed by atoms with Gasteiger partial charge in [0, 0.05) is 19.4 Å². The third-order valence-corrected chi connectivity index (χ3v) is 11.4. The molecule has 0 bridgehead atoms. The highest BCUT2D eigenvalue weighted by Crippen LogP contribution is 2.28. The summed E-state index contributed by atoms with van der Waals surface area (Å²) in [5.74, 6) is 0. The molecule has 0 atom stereocenters. The maximum Gasteiger partial charge on any atom is 0.270 e. The van der Waals surface area contributed by atoms with Gasteiger partial charge in [-0.3, -0.25) is 0 Å². The molecule has 1 aliphatic rings. The van der Waals surface area contributed by atoms with Gasteiger partial charge in [0.1, 0.15) is 23.0 Å². The van der Waals surface area contributed by atoms with Gasteiger partial charge in [-0.15, -0.1) is 0 Å². The standard InChI is InChI=1S/C12H7ClIN3O2S.C12H8ClN3O2S.C4H8O/c13-11-9-6-10(14)17(12(9)16-7-15-11)20(18,19)8-4-2-1-3-5-8;13-11-10-6-7-16(12(10)15-8-14-11)19(17,18)9-4-2-1-3-5-9;1-2-4-5-3-1/h1-7H;1-8H;1-4H2. The molecule has 2 aromatic carbocycles. The molecular weight excluding hydrogens is 762 g/mol. The van der Waals surface area contributed by atoms with Crippen LogP contribution in [0, 0.1) is 3.70 Å². The molecule has 0 aliphatic carbocycles. The third kappa shape index (κ3) is 6.74. The molecule has 44 heavy (non-hydrogen) atoms. The molecule has 228 valence electrons. The summed E-state index contributed by atoms with van der Waals surface area (Å²) < 4.78 is 58.1. The lowest BCUT2D eigenvalue weighted by Gasteiger charge is -2.08. The Bertz CT molecular complexity index is 2120. The fraction of sp³-hybridized carbons (Fsp3) is 0.143. The van der Waals surface area contributed by atoms with Crippen molar-refractivity contribution in [2.24, 2.45) is 0 Å². The zero-order valence-corrected chi connectivity index (χ0v) is 28.0. The number of ether oxygens (including phenoxy) is 1. The van der Waals surface area contributed by atoms with Crippen LogP contribution in [0.3, 0.4) is 0 Å². The Morgan fingerprint density at radius 3 is 1.75 bits per heavy atom. The number of aromatic nitrogens is 6. The predicted octanol–water partition coefficient (Wildman–Crippen LogP) is 6.04. The minimum Gasteiger partial charge on any atom is -0.381 e. The number of hydrogen-bond acceptors (Lipinski definition) is 9. The molecule has 0 unspecified atom stereocenters. The van der Waals surface area contributed by atoms with Crippen molar-refractivity contribution >= 4 is 87.9 Å². The van der Waals surface area contributed by atoms with Crippen LogP contribution in [0.4, 0.5) is 0 Å². The minimum absolute atomic E-state index is 0.197. The lowest BCUT2D eigenvalue weighted by molar-refractivity contribution is 0.198. The average molecular weight is 785 g/mol. The molecule has 0 radical (unpaired) electrons. The number of fused-ring (bicyclic) bond motifs is 2. The predicted molar refractivity (Wildman–Crippen MR) is 176 cm³/mol. The zero-order valence-electron chi connectivity index (χ0n) is 22.7. The third-order valence-electron chi connectivity index (χ3n) is 6.27. The van der Waals surface area contributed by atoms with Crippen molar-refractivity contribution in [2.75, 3.05) is 13.2 Å². The van der Waals surface area contributed by atoms with Gasteiger partial charge in [0.25, 0.3) is 20.0 Å². The molecule has 1 fully saturated rings. The van der Waals surface area contributed by atoms with E-state index in [0.717, 1.165) is 17.2 Å². The Balaban J connectivity index is 0.000000151. The molecule has 16 heteroatoms. The van der Waals surface area contributed by atoms with Crippen molar-refractivity contribution in [1.82, 2.24) is 27.9 Å². The lowest BCUT2D eigenvalue weighted by atomic mass is 10.4. The Hall–Kier alpha value is -3.15. The molecule has 11 nitrogen and oxygen atoms in total. The summed E-state index contributed by atoms with van der Waals surface area (Å²) in [4.78, 5) is 16.1. The van der Waals surface area contributed by atoms with Gasteiger partial charge in [0.15, 0.2) is 11.3 Å². The highest BCUT2D eigenvalue weighted by Gasteiger charge is 2.24. The van der Waals surface area contributed by atoms with Crippen LogP contribution in [0.5, 0.6) is 0 Å². The van der Waals surface area contributed by atoms with Crippen molar-refractivity contribution in [3.05, 3.63) is 106 Å². The summed E-state index contributed by atoms with van der Waals surface area (Å²) in [5, 5.41) is 1.48. The van der Waals surface area contributed by atoms with Crippen molar-refractivity contribution in [1.29, 1.82) is 0 Å². The van der Waals surface area contributed by atoms with Gasteiger partial charge in [-0.1, -0.05) is 59.6 Å². The van der Waals surface area contributed by atoms with E-state index in [1.165, 1.54) is 47.8 Å². The van der Waals surface area contributed by atoms with E-state index in [-0.39, 0.29) is 31.4 Å². The molecule has 0 spiro atoms. The maximum atomic E-state index is 12.7. The minimum atomic E-state index is -3.71. The first kappa shape index (κ1) is 32.2. The van der Waals surface area contributed by atoms with E-state index in [2.05, 4.69) is 19.9 Å². The summed E-state index contributed by atoms with van der Waals surface area (Å²) >= 11 is 13.8. The second-order valence-electron chi connectivity index (χ2n) is 9.10. The monoisotopic (exact) mass is 784 g/mol. The summed E-state index contributed by atoms with van der Waals surface area (Å²) in [6.45, 7) is 2.00.